The van der Waals surface area contributed by atoms with Gasteiger partial charge in [0, 0.05) is 19.0 Å². The minimum atomic E-state index is -0.327. The van der Waals surface area contributed by atoms with Crippen LogP contribution in [0.1, 0.15) is 20.3 Å². The maximum absolute atomic E-state index is 13.2. The second kappa shape index (κ2) is 10.7. The SMILES string of the molecule is CNCCC(=O)Nc1ccc(F)cc1NC(C)C.Cl.Cl. The minimum Gasteiger partial charge on any atom is -0.381 e. The first-order valence-electron chi connectivity index (χ1n) is 6.03. The maximum atomic E-state index is 13.2. The number of amides is 1. The van der Waals surface area contributed by atoms with Crippen LogP contribution >= 0.6 is 24.8 Å². The lowest BCUT2D eigenvalue weighted by Gasteiger charge is -2.15. The Morgan fingerprint density at radius 2 is 1.90 bits per heavy atom. The Morgan fingerprint density at radius 1 is 1.25 bits per heavy atom. The van der Waals surface area contributed by atoms with Gasteiger partial charge >= 0.3 is 0 Å². The molecule has 0 radical (unpaired) electrons. The van der Waals surface area contributed by atoms with Crippen molar-refractivity contribution in [1.29, 1.82) is 0 Å². The highest BCUT2D eigenvalue weighted by Gasteiger charge is 2.08. The number of nitrogens with one attached hydrogen (secondary N) is 3. The average molecular weight is 326 g/mol. The van der Waals surface area contributed by atoms with E-state index in [1.165, 1.54) is 12.1 Å². The largest absolute Gasteiger partial charge is 0.381 e. The van der Waals surface area contributed by atoms with Gasteiger partial charge in [0.1, 0.15) is 5.82 Å². The highest BCUT2D eigenvalue weighted by Crippen LogP contribution is 2.23. The van der Waals surface area contributed by atoms with E-state index in [9.17, 15) is 9.18 Å². The Hall–Kier alpha value is -1.04. The lowest BCUT2D eigenvalue weighted by molar-refractivity contribution is -0.116. The molecule has 0 saturated carbocycles. The Kier molecular flexibility index (Phi) is 11.4. The number of anilines is 2. The number of carbonyl (C=O) groups is 1. The first-order chi connectivity index (χ1) is 8.52. The van der Waals surface area contributed by atoms with Crippen molar-refractivity contribution in [3.05, 3.63) is 24.0 Å². The van der Waals surface area contributed by atoms with Gasteiger partial charge in [-0.1, -0.05) is 0 Å². The monoisotopic (exact) mass is 325 g/mol. The summed E-state index contributed by atoms with van der Waals surface area (Å²) in [7, 11) is 1.79. The van der Waals surface area contributed by atoms with Crippen LogP contribution in [-0.2, 0) is 4.79 Å². The summed E-state index contributed by atoms with van der Waals surface area (Å²) in [5.41, 5.74) is 1.20. The van der Waals surface area contributed by atoms with Crippen LogP contribution in [0.3, 0.4) is 0 Å². The van der Waals surface area contributed by atoms with Crippen molar-refractivity contribution in [1.82, 2.24) is 5.32 Å². The Bertz CT molecular complexity index is 417. The first kappa shape index (κ1) is 21.3. The van der Waals surface area contributed by atoms with Gasteiger partial charge in [0.15, 0.2) is 0 Å². The number of halogens is 3. The zero-order valence-corrected chi connectivity index (χ0v) is 13.5. The standard InChI is InChI=1S/C13H20FN3O.2ClH/c1-9(2)16-12-8-10(14)4-5-11(12)17-13(18)6-7-15-3;;/h4-5,8-9,15-16H,6-7H2,1-3H3,(H,17,18);2*1H. The molecule has 0 aromatic heterocycles. The van der Waals surface area contributed by atoms with Crippen molar-refractivity contribution in [3.8, 4) is 0 Å². The molecule has 0 aliphatic heterocycles. The molecule has 0 saturated heterocycles. The van der Waals surface area contributed by atoms with Crippen molar-refractivity contribution < 1.29 is 9.18 Å². The molecule has 0 unspecified atom stereocenters. The van der Waals surface area contributed by atoms with Crippen molar-refractivity contribution >= 4 is 42.1 Å². The summed E-state index contributed by atoms with van der Waals surface area (Å²) in [6.07, 6.45) is 0.384. The molecule has 0 aliphatic carbocycles. The van der Waals surface area contributed by atoms with E-state index in [2.05, 4.69) is 16.0 Å². The third kappa shape index (κ3) is 7.53. The van der Waals surface area contributed by atoms with Gasteiger partial charge in [0.25, 0.3) is 0 Å². The molecule has 0 heterocycles. The summed E-state index contributed by atoms with van der Waals surface area (Å²) < 4.78 is 13.2. The molecule has 116 valence electrons. The molecule has 0 atom stereocenters. The van der Waals surface area contributed by atoms with Crippen molar-refractivity contribution in [2.45, 2.75) is 26.3 Å². The third-order valence-electron chi connectivity index (χ3n) is 2.30. The molecule has 1 aromatic rings. The van der Waals surface area contributed by atoms with Gasteiger partial charge in [-0.3, -0.25) is 4.79 Å². The Labute approximate surface area is 131 Å². The van der Waals surface area contributed by atoms with E-state index >= 15 is 0 Å². The molecule has 1 rings (SSSR count). The molecule has 1 aromatic carbocycles. The fraction of sp³-hybridized carbons (Fsp3) is 0.462. The second-order valence-electron chi connectivity index (χ2n) is 4.39. The molecule has 0 fully saturated rings. The zero-order chi connectivity index (χ0) is 13.5. The quantitative estimate of drug-likeness (QED) is 0.753. The van der Waals surface area contributed by atoms with Gasteiger partial charge in [-0.2, -0.15) is 0 Å². The van der Waals surface area contributed by atoms with E-state index in [-0.39, 0.29) is 42.6 Å². The van der Waals surface area contributed by atoms with Crippen molar-refractivity contribution in [3.63, 3.8) is 0 Å². The fourth-order valence-electron chi connectivity index (χ4n) is 1.51. The Balaban J connectivity index is 0. The lowest BCUT2D eigenvalue weighted by atomic mass is 10.2. The molecule has 4 nitrogen and oxygen atoms in total. The van der Waals surface area contributed by atoms with E-state index < -0.39 is 0 Å². The summed E-state index contributed by atoms with van der Waals surface area (Å²) in [6, 6.07) is 4.45. The van der Waals surface area contributed by atoms with E-state index in [0.717, 1.165) is 0 Å². The highest BCUT2D eigenvalue weighted by atomic mass is 35.5. The third-order valence-corrected chi connectivity index (χ3v) is 2.30. The van der Waals surface area contributed by atoms with Crippen molar-refractivity contribution in [2.24, 2.45) is 0 Å². The van der Waals surface area contributed by atoms with Gasteiger partial charge in [-0.25, -0.2) is 4.39 Å². The molecule has 0 aliphatic rings. The van der Waals surface area contributed by atoms with Gasteiger partial charge in [-0.05, 0) is 39.1 Å². The maximum Gasteiger partial charge on any atom is 0.225 e. The lowest BCUT2D eigenvalue weighted by Crippen LogP contribution is -2.20. The van der Waals surface area contributed by atoms with Gasteiger partial charge in [-0.15, -0.1) is 24.8 Å². The molecule has 20 heavy (non-hydrogen) atoms. The van der Waals surface area contributed by atoms with Crippen LogP contribution in [0.15, 0.2) is 18.2 Å². The normalized spacial score (nSPS) is 9.45. The molecule has 7 heteroatoms. The predicted molar refractivity (Wildman–Crippen MR) is 86.8 cm³/mol. The summed E-state index contributed by atoms with van der Waals surface area (Å²) >= 11 is 0. The highest BCUT2D eigenvalue weighted by molar-refractivity contribution is 5.94. The summed E-state index contributed by atoms with van der Waals surface area (Å²) in [4.78, 5) is 11.6. The minimum absolute atomic E-state index is 0. The van der Waals surface area contributed by atoms with Crippen LogP contribution < -0.4 is 16.0 Å². The number of hydrogen-bond donors (Lipinski definition) is 3. The first-order valence-corrected chi connectivity index (χ1v) is 6.03. The summed E-state index contributed by atoms with van der Waals surface area (Å²) in [6.45, 7) is 4.52. The van der Waals surface area contributed by atoms with Gasteiger partial charge in [0.2, 0.25) is 5.91 Å². The molecule has 0 bridgehead atoms. The molecular weight excluding hydrogens is 304 g/mol. The van der Waals surface area contributed by atoms with Gasteiger partial charge in [0.05, 0.1) is 11.4 Å². The van der Waals surface area contributed by atoms with Crippen LogP contribution in [0.25, 0.3) is 0 Å². The van der Waals surface area contributed by atoms with E-state index in [1.54, 1.807) is 13.1 Å². The number of benzene rings is 1. The molecular formula is C13H22Cl2FN3O. The summed E-state index contributed by atoms with van der Waals surface area (Å²) in [5, 5.41) is 8.78. The van der Waals surface area contributed by atoms with Crippen LogP contribution in [0.4, 0.5) is 15.8 Å². The number of hydrogen-bond acceptors (Lipinski definition) is 3. The van der Waals surface area contributed by atoms with Crippen LogP contribution in [0.5, 0.6) is 0 Å². The fourth-order valence-corrected chi connectivity index (χ4v) is 1.51. The van der Waals surface area contributed by atoms with Gasteiger partial charge < -0.3 is 16.0 Å². The summed E-state index contributed by atoms with van der Waals surface area (Å²) in [5.74, 6) is -0.422. The second-order valence-corrected chi connectivity index (χ2v) is 4.39. The Morgan fingerprint density at radius 3 is 2.45 bits per heavy atom. The van der Waals surface area contributed by atoms with Crippen molar-refractivity contribution in [2.75, 3.05) is 24.2 Å². The molecule has 1 amide bonds. The molecule has 3 N–H and O–H groups in total. The van der Waals surface area contributed by atoms with Crippen LogP contribution in [0.2, 0.25) is 0 Å². The van der Waals surface area contributed by atoms with Crippen LogP contribution in [0, 0.1) is 5.82 Å². The topological polar surface area (TPSA) is 53.2 Å². The van der Waals surface area contributed by atoms with Crippen LogP contribution in [-0.4, -0.2) is 25.5 Å². The van der Waals surface area contributed by atoms with E-state index in [4.69, 9.17) is 0 Å². The smallest absolute Gasteiger partial charge is 0.225 e. The zero-order valence-electron chi connectivity index (χ0n) is 11.8. The number of rotatable bonds is 6. The van der Waals surface area contributed by atoms with E-state index in [1.807, 2.05) is 13.8 Å². The predicted octanol–water partition coefficient (Wildman–Crippen LogP) is 3.04. The molecule has 0 spiro atoms. The average Bonchev–Trinajstić information content (AvgIpc) is 2.29. The van der Waals surface area contributed by atoms with E-state index in [0.29, 0.717) is 24.3 Å². The number of carbonyl (C=O) groups excluding carboxylic acids is 1.